The number of terminal acetylenes is 1. The average molecular weight is 165 g/mol. The van der Waals surface area contributed by atoms with Crippen LogP contribution in [0.4, 0.5) is 12.9 Å². The molecule has 0 fully saturated rings. The molecule has 0 saturated heterocycles. The van der Waals surface area contributed by atoms with E-state index < -0.39 is 12.9 Å². The smallest absolute Gasteiger partial charge is 0.445 e. The maximum Gasteiger partial charge on any atom is 0.535 e. The Hall–Kier alpha value is -0.625. The fourth-order valence-corrected chi connectivity index (χ4v) is 0.843. The van der Waals surface area contributed by atoms with Gasteiger partial charge in [-0.3, -0.25) is 0 Å². The minimum Gasteiger partial charge on any atom is -0.445 e. The molecule has 1 N–H and O–H groups in total. The van der Waals surface area contributed by atoms with E-state index in [2.05, 4.69) is 0 Å². The summed E-state index contributed by atoms with van der Waals surface area (Å²) in [6, 6.07) is 0. The standard InChI is InChI=1S/C6H10BF3N/c1-4-5-6(11(2)3)7(8,9)10/h1,6H,5H2,2-3H3/q-1/p+1. The van der Waals surface area contributed by atoms with Gasteiger partial charge in [0.15, 0.2) is 0 Å². The summed E-state index contributed by atoms with van der Waals surface area (Å²) in [6.45, 7) is -4.80. The highest BCUT2D eigenvalue weighted by Gasteiger charge is 2.39. The zero-order valence-corrected chi connectivity index (χ0v) is 6.57. The number of nitrogens with one attached hydrogen (secondary N) is 1. The van der Waals surface area contributed by atoms with Crippen molar-refractivity contribution in [1.29, 1.82) is 0 Å². The maximum absolute atomic E-state index is 12.1. The van der Waals surface area contributed by atoms with Crippen molar-refractivity contribution in [3.8, 4) is 12.3 Å². The molecule has 0 aliphatic rings. The van der Waals surface area contributed by atoms with Gasteiger partial charge in [-0.25, -0.2) is 0 Å². The summed E-state index contributed by atoms with van der Waals surface area (Å²) in [5, 5.41) is 0. The molecule has 0 heterocycles. The Balaban J connectivity index is 4.25. The van der Waals surface area contributed by atoms with Crippen molar-refractivity contribution in [1.82, 2.24) is 0 Å². The molecule has 5 heteroatoms. The van der Waals surface area contributed by atoms with Crippen molar-refractivity contribution in [2.24, 2.45) is 0 Å². The fraction of sp³-hybridized carbons (Fsp3) is 0.667. The molecule has 0 aliphatic heterocycles. The van der Waals surface area contributed by atoms with Gasteiger partial charge in [0.2, 0.25) is 0 Å². The van der Waals surface area contributed by atoms with Crippen molar-refractivity contribution in [3.63, 3.8) is 0 Å². The number of hydrogen-bond acceptors (Lipinski definition) is 0. The lowest BCUT2D eigenvalue weighted by Gasteiger charge is -2.27. The third-order valence-corrected chi connectivity index (χ3v) is 1.54. The molecule has 0 saturated carbocycles. The summed E-state index contributed by atoms with van der Waals surface area (Å²) in [5.74, 6) is 0.655. The van der Waals surface area contributed by atoms with E-state index in [1.165, 1.54) is 14.1 Å². The van der Waals surface area contributed by atoms with Crippen molar-refractivity contribution < 1.29 is 17.8 Å². The zero-order valence-electron chi connectivity index (χ0n) is 6.57. The normalized spacial score (nSPS) is 14.6. The first-order valence-corrected chi connectivity index (χ1v) is 3.33. The van der Waals surface area contributed by atoms with Gasteiger partial charge < -0.3 is 17.8 Å². The molecule has 0 rings (SSSR count). The Morgan fingerprint density at radius 2 is 1.91 bits per heavy atom. The molecular formula is C6H11BF3N. The average Bonchev–Trinajstić information content (AvgIpc) is 1.79. The van der Waals surface area contributed by atoms with Crippen LogP contribution in [0.25, 0.3) is 0 Å². The molecule has 11 heavy (non-hydrogen) atoms. The van der Waals surface area contributed by atoms with E-state index in [1.807, 2.05) is 5.92 Å². The van der Waals surface area contributed by atoms with Crippen LogP contribution in [0.2, 0.25) is 0 Å². The van der Waals surface area contributed by atoms with Gasteiger partial charge in [0.05, 0.1) is 20.0 Å². The Bertz CT molecular complexity index is 158. The van der Waals surface area contributed by atoms with Gasteiger partial charge in [0, 0.05) is 6.42 Å². The van der Waals surface area contributed by atoms with E-state index in [-0.39, 0.29) is 6.42 Å². The molecule has 0 aliphatic carbocycles. The predicted molar refractivity (Wildman–Crippen MR) is 39.1 cm³/mol. The number of rotatable bonds is 3. The lowest BCUT2D eigenvalue weighted by atomic mass is 9.77. The Morgan fingerprint density at radius 3 is 2.00 bits per heavy atom. The molecular weight excluding hydrogens is 154 g/mol. The van der Waals surface area contributed by atoms with Crippen molar-refractivity contribution in [3.05, 3.63) is 0 Å². The third-order valence-electron chi connectivity index (χ3n) is 1.54. The van der Waals surface area contributed by atoms with Crippen LogP contribution in [-0.4, -0.2) is 27.0 Å². The minimum absolute atomic E-state index is 0.230. The largest absolute Gasteiger partial charge is 0.535 e. The molecule has 1 unspecified atom stereocenters. The highest BCUT2D eigenvalue weighted by Crippen LogP contribution is 2.13. The van der Waals surface area contributed by atoms with Crippen LogP contribution < -0.4 is 4.90 Å². The van der Waals surface area contributed by atoms with Crippen LogP contribution in [0.3, 0.4) is 0 Å². The SMILES string of the molecule is C#CCC([NH+](C)C)[B-](F)(F)F. The first-order valence-electron chi connectivity index (χ1n) is 3.33. The van der Waals surface area contributed by atoms with Crippen LogP contribution in [0, 0.1) is 12.3 Å². The summed E-state index contributed by atoms with van der Waals surface area (Å²) in [4.78, 5) is 0.343. The molecule has 0 aromatic carbocycles. The van der Waals surface area contributed by atoms with Crippen LogP contribution >= 0.6 is 0 Å². The second-order valence-corrected chi connectivity index (χ2v) is 2.72. The summed E-state index contributed by atoms with van der Waals surface area (Å²) in [7, 11) is 2.91. The van der Waals surface area contributed by atoms with E-state index in [0.29, 0.717) is 4.90 Å². The second-order valence-electron chi connectivity index (χ2n) is 2.72. The molecule has 0 aromatic heterocycles. The Labute approximate surface area is 64.6 Å². The molecule has 1 nitrogen and oxygen atoms in total. The molecule has 0 spiro atoms. The lowest BCUT2D eigenvalue weighted by molar-refractivity contribution is -0.874. The summed E-state index contributed by atoms with van der Waals surface area (Å²) in [6.07, 6.45) is 4.58. The van der Waals surface area contributed by atoms with Crippen molar-refractivity contribution in [2.45, 2.75) is 12.4 Å². The molecule has 64 valence electrons. The first kappa shape index (κ1) is 10.4. The van der Waals surface area contributed by atoms with Gasteiger partial charge in [0.1, 0.15) is 0 Å². The topological polar surface area (TPSA) is 4.44 Å². The monoisotopic (exact) mass is 165 g/mol. The van der Waals surface area contributed by atoms with Gasteiger partial charge in [-0.05, 0) is 0 Å². The van der Waals surface area contributed by atoms with Gasteiger partial charge in [0.25, 0.3) is 0 Å². The number of quaternary nitrogens is 1. The Kier molecular flexibility index (Phi) is 3.47. The molecule has 0 bridgehead atoms. The fourth-order valence-electron chi connectivity index (χ4n) is 0.843. The predicted octanol–water partition coefficient (Wildman–Crippen LogP) is -0.0906. The summed E-state index contributed by atoms with van der Waals surface area (Å²) >= 11 is 0. The van der Waals surface area contributed by atoms with Crippen molar-refractivity contribution in [2.75, 3.05) is 14.1 Å². The molecule has 0 amide bonds. The number of halogens is 3. The van der Waals surface area contributed by atoms with E-state index in [4.69, 9.17) is 6.42 Å². The quantitative estimate of drug-likeness (QED) is 0.440. The van der Waals surface area contributed by atoms with Gasteiger partial charge in [-0.15, -0.1) is 12.3 Å². The van der Waals surface area contributed by atoms with Gasteiger partial charge in [-0.2, -0.15) is 0 Å². The highest BCUT2D eigenvalue weighted by molar-refractivity contribution is 6.59. The molecule has 0 aromatic rings. The van der Waals surface area contributed by atoms with Crippen LogP contribution in [0.1, 0.15) is 6.42 Å². The summed E-state index contributed by atoms with van der Waals surface area (Å²) < 4.78 is 36.3. The minimum atomic E-state index is -4.80. The molecule has 1 atom stereocenters. The van der Waals surface area contributed by atoms with Crippen LogP contribution in [-0.2, 0) is 0 Å². The zero-order chi connectivity index (χ0) is 9.07. The van der Waals surface area contributed by atoms with E-state index in [0.717, 1.165) is 0 Å². The van der Waals surface area contributed by atoms with Crippen molar-refractivity contribution >= 4 is 6.98 Å². The second kappa shape index (κ2) is 3.68. The first-order chi connectivity index (χ1) is 4.89. The third kappa shape index (κ3) is 3.33. The maximum atomic E-state index is 12.1. The van der Waals surface area contributed by atoms with E-state index >= 15 is 0 Å². The van der Waals surface area contributed by atoms with Crippen LogP contribution in [0.5, 0.6) is 0 Å². The molecule has 0 radical (unpaired) electrons. The highest BCUT2D eigenvalue weighted by atomic mass is 19.4. The Morgan fingerprint density at radius 1 is 1.45 bits per heavy atom. The number of hydrogen-bond donors (Lipinski definition) is 1. The van der Waals surface area contributed by atoms with E-state index in [1.54, 1.807) is 0 Å². The lowest BCUT2D eigenvalue weighted by Crippen LogP contribution is -3.12. The van der Waals surface area contributed by atoms with Gasteiger partial charge >= 0.3 is 6.98 Å². The van der Waals surface area contributed by atoms with Crippen LogP contribution in [0.15, 0.2) is 0 Å². The van der Waals surface area contributed by atoms with Gasteiger partial charge in [-0.1, -0.05) is 0 Å². The van der Waals surface area contributed by atoms with E-state index in [9.17, 15) is 12.9 Å². The summed E-state index contributed by atoms with van der Waals surface area (Å²) in [5.41, 5.74) is 0.